The maximum absolute atomic E-state index is 12.4. The summed E-state index contributed by atoms with van der Waals surface area (Å²) in [5, 5.41) is 4.86. The Hall–Kier alpha value is -2.66. The van der Waals surface area contributed by atoms with Gasteiger partial charge in [-0.1, -0.05) is 35.0 Å². The van der Waals surface area contributed by atoms with Gasteiger partial charge in [-0.05, 0) is 61.2 Å². The van der Waals surface area contributed by atoms with Crippen LogP contribution >= 0.6 is 11.6 Å². The number of amides is 1. The first-order valence-electron chi connectivity index (χ1n) is 9.43. The molecule has 3 aromatic rings. The SMILES string of the molecule is Cc1ccc(-c2nc(C3CC(=O)N(CCc4ccc(Cl)cc4)C3)no2)cc1C. The Kier molecular flexibility index (Phi) is 5.18. The molecule has 0 spiro atoms. The van der Waals surface area contributed by atoms with E-state index in [2.05, 4.69) is 24.0 Å². The smallest absolute Gasteiger partial charge is 0.257 e. The summed E-state index contributed by atoms with van der Waals surface area (Å²) in [6, 6.07) is 13.8. The third kappa shape index (κ3) is 3.94. The van der Waals surface area contributed by atoms with E-state index >= 15 is 0 Å². The van der Waals surface area contributed by atoms with Crippen molar-refractivity contribution in [2.24, 2.45) is 0 Å². The fourth-order valence-corrected chi connectivity index (χ4v) is 3.59. The van der Waals surface area contributed by atoms with Crippen molar-refractivity contribution in [3.05, 3.63) is 70.0 Å². The van der Waals surface area contributed by atoms with Gasteiger partial charge in [0, 0.05) is 36.0 Å². The summed E-state index contributed by atoms with van der Waals surface area (Å²) in [5.41, 5.74) is 4.48. The summed E-state index contributed by atoms with van der Waals surface area (Å²) in [4.78, 5) is 18.9. The molecule has 5 nitrogen and oxygen atoms in total. The number of carbonyl (C=O) groups is 1. The Labute approximate surface area is 169 Å². The number of hydrogen-bond donors (Lipinski definition) is 0. The van der Waals surface area contributed by atoms with Gasteiger partial charge >= 0.3 is 0 Å². The van der Waals surface area contributed by atoms with Crippen LogP contribution in [0.4, 0.5) is 0 Å². The molecule has 4 rings (SSSR count). The molecule has 144 valence electrons. The second-order valence-corrected chi connectivity index (χ2v) is 7.81. The van der Waals surface area contributed by atoms with Crippen LogP contribution < -0.4 is 0 Å². The predicted octanol–water partition coefficient (Wildman–Crippen LogP) is 4.57. The minimum Gasteiger partial charge on any atom is -0.342 e. The van der Waals surface area contributed by atoms with E-state index in [0.29, 0.717) is 31.2 Å². The molecular weight excluding hydrogens is 374 g/mol. The van der Waals surface area contributed by atoms with E-state index < -0.39 is 0 Å². The number of likely N-dealkylation sites (tertiary alicyclic amines) is 1. The van der Waals surface area contributed by atoms with Gasteiger partial charge in [-0.3, -0.25) is 4.79 Å². The van der Waals surface area contributed by atoms with E-state index in [1.165, 1.54) is 11.1 Å². The third-order valence-corrected chi connectivity index (χ3v) is 5.61. The first kappa shape index (κ1) is 18.7. The molecule has 0 N–H and O–H groups in total. The van der Waals surface area contributed by atoms with Gasteiger partial charge in [0.2, 0.25) is 5.91 Å². The minimum atomic E-state index is -0.0261. The monoisotopic (exact) mass is 395 g/mol. The number of aryl methyl sites for hydroxylation is 2. The van der Waals surface area contributed by atoms with Crippen LogP contribution in [0.25, 0.3) is 11.5 Å². The van der Waals surface area contributed by atoms with Gasteiger partial charge in [0.15, 0.2) is 5.82 Å². The lowest BCUT2D eigenvalue weighted by Gasteiger charge is -2.15. The second kappa shape index (κ2) is 7.76. The fourth-order valence-electron chi connectivity index (χ4n) is 3.47. The number of halogens is 1. The lowest BCUT2D eigenvalue weighted by molar-refractivity contribution is -0.127. The van der Waals surface area contributed by atoms with Crippen molar-refractivity contribution in [3.8, 4) is 11.5 Å². The van der Waals surface area contributed by atoms with Gasteiger partial charge < -0.3 is 9.42 Å². The molecule has 1 atom stereocenters. The Morgan fingerprint density at radius 2 is 1.93 bits per heavy atom. The Bertz CT molecular complexity index is 997. The Balaban J connectivity index is 1.41. The van der Waals surface area contributed by atoms with Gasteiger partial charge in [-0.2, -0.15) is 4.98 Å². The maximum Gasteiger partial charge on any atom is 0.257 e. The maximum atomic E-state index is 12.4. The van der Waals surface area contributed by atoms with E-state index in [9.17, 15) is 4.79 Å². The van der Waals surface area contributed by atoms with Crippen LogP contribution in [0.1, 0.15) is 34.9 Å². The molecule has 0 aliphatic carbocycles. The van der Waals surface area contributed by atoms with Crippen LogP contribution in [0.2, 0.25) is 5.02 Å². The molecule has 1 amide bonds. The highest BCUT2D eigenvalue weighted by molar-refractivity contribution is 6.30. The van der Waals surface area contributed by atoms with Crippen molar-refractivity contribution < 1.29 is 9.32 Å². The lowest BCUT2D eigenvalue weighted by Crippen LogP contribution is -2.27. The van der Waals surface area contributed by atoms with Gasteiger partial charge in [-0.15, -0.1) is 0 Å². The van der Waals surface area contributed by atoms with Gasteiger partial charge in [0.25, 0.3) is 5.89 Å². The molecule has 1 aromatic heterocycles. The van der Waals surface area contributed by atoms with Crippen molar-refractivity contribution in [2.45, 2.75) is 32.6 Å². The molecule has 0 radical (unpaired) electrons. The standard InChI is InChI=1S/C22H22ClN3O2/c1-14-3-6-17(11-15(14)2)22-24-21(25-28-22)18-12-20(27)26(13-18)10-9-16-4-7-19(23)8-5-16/h3-8,11,18H,9-10,12-13H2,1-2H3. The van der Waals surface area contributed by atoms with Crippen molar-refractivity contribution >= 4 is 17.5 Å². The van der Waals surface area contributed by atoms with E-state index in [-0.39, 0.29) is 11.8 Å². The molecule has 1 unspecified atom stereocenters. The van der Waals surface area contributed by atoms with Crippen molar-refractivity contribution in [3.63, 3.8) is 0 Å². The summed E-state index contributed by atoms with van der Waals surface area (Å²) < 4.78 is 5.47. The minimum absolute atomic E-state index is 0.0261. The van der Waals surface area contributed by atoms with E-state index in [1.54, 1.807) is 0 Å². The molecule has 0 saturated carbocycles. The van der Waals surface area contributed by atoms with Crippen LogP contribution in [0, 0.1) is 13.8 Å². The Morgan fingerprint density at radius 1 is 1.14 bits per heavy atom. The zero-order valence-electron chi connectivity index (χ0n) is 16.0. The average Bonchev–Trinajstić information content (AvgIpc) is 3.31. The highest BCUT2D eigenvalue weighted by atomic mass is 35.5. The average molecular weight is 396 g/mol. The second-order valence-electron chi connectivity index (χ2n) is 7.37. The van der Waals surface area contributed by atoms with Crippen LogP contribution in [0.5, 0.6) is 0 Å². The normalized spacial score (nSPS) is 16.8. The molecule has 28 heavy (non-hydrogen) atoms. The number of hydrogen-bond acceptors (Lipinski definition) is 4. The highest BCUT2D eigenvalue weighted by Crippen LogP contribution is 2.29. The third-order valence-electron chi connectivity index (χ3n) is 5.36. The number of rotatable bonds is 5. The number of nitrogens with zero attached hydrogens (tertiary/aromatic N) is 3. The molecule has 0 bridgehead atoms. The van der Waals surface area contributed by atoms with E-state index in [4.69, 9.17) is 16.1 Å². The zero-order valence-corrected chi connectivity index (χ0v) is 16.7. The van der Waals surface area contributed by atoms with Crippen LogP contribution in [0.3, 0.4) is 0 Å². The number of aromatic nitrogens is 2. The predicted molar refractivity (Wildman–Crippen MR) is 108 cm³/mol. The molecule has 6 heteroatoms. The number of benzene rings is 2. The quantitative estimate of drug-likeness (QED) is 0.635. The molecule has 1 fully saturated rings. The molecular formula is C22H22ClN3O2. The summed E-state index contributed by atoms with van der Waals surface area (Å²) in [7, 11) is 0. The Morgan fingerprint density at radius 3 is 2.68 bits per heavy atom. The molecule has 1 aliphatic heterocycles. The van der Waals surface area contributed by atoms with Crippen molar-refractivity contribution in [2.75, 3.05) is 13.1 Å². The molecule has 1 aliphatic rings. The van der Waals surface area contributed by atoms with Crippen LogP contribution in [-0.4, -0.2) is 34.0 Å². The van der Waals surface area contributed by atoms with E-state index in [1.807, 2.05) is 47.4 Å². The van der Waals surface area contributed by atoms with Crippen LogP contribution in [0.15, 0.2) is 47.0 Å². The highest BCUT2D eigenvalue weighted by Gasteiger charge is 2.33. The lowest BCUT2D eigenvalue weighted by atomic mass is 10.1. The van der Waals surface area contributed by atoms with Crippen LogP contribution in [-0.2, 0) is 11.2 Å². The van der Waals surface area contributed by atoms with Gasteiger partial charge in [-0.25, -0.2) is 0 Å². The molecule has 2 aromatic carbocycles. The summed E-state index contributed by atoms with van der Waals surface area (Å²) in [6.45, 7) is 5.43. The molecule has 2 heterocycles. The summed E-state index contributed by atoms with van der Waals surface area (Å²) in [6.07, 6.45) is 1.22. The number of carbonyl (C=O) groups excluding carboxylic acids is 1. The molecule has 1 saturated heterocycles. The van der Waals surface area contributed by atoms with Crippen molar-refractivity contribution in [1.82, 2.24) is 15.0 Å². The van der Waals surface area contributed by atoms with Gasteiger partial charge in [0.05, 0.1) is 0 Å². The fraction of sp³-hybridized carbons (Fsp3) is 0.318. The largest absolute Gasteiger partial charge is 0.342 e. The zero-order chi connectivity index (χ0) is 19.7. The van der Waals surface area contributed by atoms with Gasteiger partial charge in [0.1, 0.15) is 0 Å². The first-order valence-corrected chi connectivity index (χ1v) is 9.81. The first-order chi connectivity index (χ1) is 13.5. The van der Waals surface area contributed by atoms with Crippen molar-refractivity contribution in [1.29, 1.82) is 0 Å². The van der Waals surface area contributed by atoms with E-state index in [0.717, 1.165) is 22.6 Å². The topological polar surface area (TPSA) is 59.2 Å². The summed E-state index contributed by atoms with van der Waals surface area (Å²) in [5.74, 6) is 1.22. The summed E-state index contributed by atoms with van der Waals surface area (Å²) >= 11 is 5.92.